The van der Waals surface area contributed by atoms with Crippen molar-refractivity contribution in [2.75, 3.05) is 7.11 Å². The number of phenols is 1. The zero-order valence-electron chi connectivity index (χ0n) is 15.5. The first-order valence-electron chi connectivity index (χ1n) is 9.05. The molecule has 1 aromatic carbocycles. The number of hydrogen-bond acceptors (Lipinski definition) is 4. The lowest BCUT2D eigenvalue weighted by molar-refractivity contribution is -0.127. The van der Waals surface area contributed by atoms with E-state index in [2.05, 4.69) is 11.9 Å². The first-order chi connectivity index (χ1) is 12.5. The molecule has 1 heterocycles. The summed E-state index contributed by atoms with van der Waals surface area (Å²) in [6.07, 6.45) is 6.95. The van der Waals surface area contributed by atoms with Crippen LogP contribution in [0.5, 0.6) is 11.5 Å². The lowest BCUT2D eigenvalue weighted by Gasteiger charge is -2.13. The minimum absolute atomic E-state index is 0.00191. The monoisotopic (exact) mass is 357 g/mol. The van der Waals surface area contributed by atoms with Crippen LogP contribution in [0.2, 0.25) is 0 Å². The molecule has 0 spiro atoms. The highest BCUT2D eigenvalue weighted by molar-refractivity contribution is 5.99. The van der Waals surface area contributed by atoms with Gasteiger partial charge < -0.3 is 14.8 Å². The summed E-state index contributed by atoms with van der Waals surface area (Å²) in [7, 11) is 1.49. The summed E-state index contributed by atoms with van der Waals surface area (Å²) in [5.41, 5.74) is 2.03. The van der Waals surface area contributed by atoms with E-state index < -0.39 is 0 Å². The van der Waals surface area contributed by atoms with Crippen LogP contribution in [0.15, 0.2) is 36.7 Å². The summed E-state index contributed by atoms with van der Waals surface area (Å²) in [5.74, 6) is 0.585. The van der Waals surface area contributed by atoms with E-state index in [-0.39, 0.29) is 29.7 Å². The molecule has 0 amide bonds. The molecule has 0 saturated heterocycles. The number of phenolic OH excluding ortho intramolecular Hbond substituents is 1. The van der Waals surface area contributed by atoms with Crippen LogP contribution in [0.25, 0.3) is 0 Å². The molecule has 2 N–H and O–H groups in total. The van der Waals surface area contributed by atoms with Gasteiger partial charge >= 0.3 is 0 Å². The molecule has 0 aliphatic heterocycles. The minimum atomic E-state index is -0.0497. The van der Waals surface area contributed by atoms with Crippen molar-refractivity contribution in [3.05, 3.63) is 47.8 Å². The molecular formula is C21H27NO4. The summed E-state index contributed by atoms with van der Waals surface area (Å²) in [5, 5.41) is 9.60. The zero-order chi connectivity index (χ0) is 18.9. The van der Waals surface area contributed by atoms with E-state index in [1.54, 1.807) is 18.2 Å². The predicted octanol–water partition coefficient (Wildman–Crippen LogP) is 4.16. The molecule has 2 rings (SSSR count). The standard InChI is InChI=1S/C21H27NO4/c1-3-4-16(17-9-10-22-14-17)12-19(24)13-18(23)7-5-15-6-8-20(25)21(11-15)26-2/h6,8-11,14,16,22,25H,3-5,7,12-13H2,1-2H3. The van der Waals surface area contributed by atoms with Gasteiger partial charge in [-0.3, -0.25) is 9.59 Å². The van der Waals surface area contributed by atoms with Gasteiger partial charge in [0.1, 0.15) is 11.6 Å². The maximum absolute atomic E-state index is 12.3. The zero-order valence-corrected chi connectivity index (χ0v) is 15.5. The molecule has 0 saturated carbocycles. The van der Waals surface area contributed by atoms with Crippen molar-refractivity contribution in [1.82, 2.24) is 4.98 Å². The fourth-order valence-corrected chi connectivity index (χ4v) is 3.14. The summed E-state index contributed by atoms with van der Waals surface area (Å²) >= 11 is 0. The number of carbonyl (C=O) groups excluding carboxylic acids is 2. The fraction of sp³-hybridized carbons (Fsp3) is 0.429. The van der Waals surface area contributed by atoms with E-state index in [0.29, 0.717) is 25.0 Å². The molecule has 0 fully saturated rings. The average Bonchev–Trinajstić information content (AvgIpc) is 3.15. The Morgan fingerprint density at radius 2 is 2.04 bits per heavy atom. The van der Waals surface area contributed by atoms with Gasteiger partial charge in [-0.25, -0.2) is 0 Å². The molecule has 0 bridgehead atoms. The number of aromatic nitrogens is 1. The van der Waals surface area contributed by atoms with Crippen LogP contribution in [0.4, 0.5) is 0 Å². The second-order valence-electron chi connectivity index (χ2n) is 6.59. The number of nitrogens with one attached hydrogen (secondary N) is 1. The summed E-state index contributed by atoms with van der Waals surface area (Å²) < 4.78 is 5.07. The number of H-pyrrole nitrogens is 1. The Morgan fingerprint density at radius 3 is 2.69 bits per heavy atom. The first kappa shape index (κ1) is 19.8. The molecule has 5 heteroatoms. The van der Waals surface area contributed by atoms with E-state index >= 15 is 0 Å². The highest BCUT2D eigenvalue weighted by Crippen LogP contribution is 2.27. The van der Waals surface area contributed by atoms with Crippen molar-refractivity contribution in [3.63, 3.8) is 0 Å². The van der Waals surface area contributed by atoms with Crippen LogP contribution in [-0.4, -0.2) is 28.8 Å². The topological polar surface area (TPSA) is 79.4 Å². The van der Waals surface area contributed by atoms with Gasteiger partial charge in [0.15, 0.2) is 11.5 Å². The molecule has 0 radical (unpaired) electrons. The molecule has 5 nitrogen and oxygen atoms in total. The van der Waals surface area contributed by atoms with Gasteiger partial charge in [-0.05, 0) is 48.1 Å². The Labute approximate surface area is 154 Å². The number of ketones is 2. The Bertz CT molecular complexity index is 722. The lowest BCUT2D eigenvalue weighted by Crippen LogP contribution is -2.12. The Kier molecular flexibility index (Phi) is 7.45. The Morgan fingerprint density at radius 1 is 1.23 bits per heavy atom. The predicted molar refractivity (Wildman–Crippen MR) is 101 cm³/mol. The van der Waals surface area contributed by atoms with Crippen LogP contribution in [0, 0.1) is 0 Å². The van der Waals surface area contributed by atoms with Crippen LogP contribution in [-0.2, 0) is 16.0 Å². The molecule has 1 atom stereocenters. The maximum Gasteiger partial charge on any atom is 0.160 e. The van der Waals surface area contributed by atoms with Crippen LogP contribution in [0.1, 0.15) is 56.1 Å². The molecular weight excluding hydrogens is 330 g/mol. The van der Waals surface area contributed by atoms with Crippen molar-refractivity contribution < 1.29 is 19.4 Å². The van der Waals surface area contributed by atoms with Crippen LogP contribution in [0.3, 0.4) is 0 Å². The third kappa shape index (κ3) is 5.76. The molecule has 26 heavy (non-hydrogen) atoms. The number of Topliss-reactive ketones (excluding diaryl/α,β-unsaturated/α-hetero) is 2. The number of methoxy groups -OCH3 is 1. The largest absolute Gasteiger partial charge is 0.504 e. The van der Waals surface area contributed by atoms with E-state index in [0.717, 1.165) is 24.0 Å². The molecule has 1 aromatic heterocycles. The van der Waals surface area contributed by atoms with E-state index in [4.69, 9.17) is 4.74 Å². The van der Waals surface area contributed by atoms with E-state index in [1.165, 1.54) is 7.11 Å². The Hall–Kier alpha value is -2.56. The average molecular weight is 357 g/mol. The van der Waals surface area contributed by atoms with Crippen LogP contribution < -0.4 is 4.74 Å². The van der Waals surface area contributed by atoms with Gasteiger partial charge in [-0.2, -0.15) is 0 Å². The smallest absolute Gasteiger partial charge is 0.160 e. The number of aryl methyl sites for hydroxylation is 1. The summed E-state index contributed by atoms with van der Waals surface area (Å²) in [4.78, 5) is 27.5. The van der Waals surface area contributed by atoms with Crippen LogP contribution >= 0.6 is 0 Å². The van der Waals surface area contributed by atoms with Crippen molar-refractivity contribution in [3.8, 4) is 11.5 Å². The normalized spacial score (nSPS) is 11.9. The number of benzene rings is 1. The third-order valence-corrected chi connectivity index (χ3v) is 4.54. The summed E-state index contributed by atoms with van der Waals surface area (Å²) in [6.45, 7) is 2.10. The fourth-order valence-electron chi connectivity index (χ4n) is 3.14. The molecule has 2 aromatic rings. The number of carbonyl (C=O) groups is 2. The van der Waals surface area contributed by atoms with Crippen molar-refractivity contribution in [2.24, 2.45) is 0 Å². The molecule has 0 aliphatic rings. The van der Waals surface area contributed by atoms with Gasteiger partial charge in [0, 0.05) is 25.2 Å². The second-order valence-corrected chi connectivity index (χ2v) is 6.59. The second kappa shape index (κ2) is 9.80. The highest BCUT2D eigenvalue weighted by Gasteiger charge is 2.18. The number of aromatic hydroxyl groups is 1. The van der Waals surface area contributed by atoms with Crippen molar-refractivity contribution in [2.45, 2.75) is 51.4 Å². The van der Waals surface area contributed by atoms with E-state index in [9.17, 15) is 14.7 Å². The quantitative estimate of drug-likeness (QED) is 0.592. The van der Waals surface area contributed by atoms with Gasteiger partial charge in [-0.1, -0.05) is 19.4 Å². The number of hydrogen-bond donors (Lipinski definition) is 2. The van der Waals surface area contributed by atoms with Gasteiger partial charge in [0.25, 0.3) is 0 Å². The number of ether oxygens (including phenoxy) is 1. The number of rotatable bonds is 11. The van der Waals surface area contributed by atoms with Gasteiger partial charge in [-0.15, -0.1) is 0 Å². The SMILES string of the molecule is CCCC(CC(=O)CC(=O)CCc1ccc(O)c(OC)c1)c1cc[nH]c1. The van der Waals surface area contributed by atoms with Crippen molar-refractivity contribution >= 4 is 11.6 Å². The van der Waals surface area contributed by atoms with Gasteiger partial charge in [0.05, 0.1) is 13.5 Å². The summed E-state index contributed by atoms with van der Waals surface area (Å²) in [6, 6.07) is 7.02. The Balaban J connectivity index is 1.84. The van der Waals surface area contributed by atoms with Gasteiger partial charge in [0.2, 0.25) is 0 Å². The first-order valence-corrected chi connectivity index (χ1v) is 9.05. The van der Waals surface area contributed by atoms with Crippen molar-refractivity contribution in [1.29, 1.82) is 0 Å². The highest BCUT2D eigenvalue weighted by atomic mass is 16.5. The molecule has 1 unspecified atom stereocenters. The lowest BCUT2D eigenvalue weighted by atomic mass is 9.90. The van der Waals surface area contributed by atoms with E-state index in [1.807, 2.05) is 18.5 Å². The maximum atomic E-state index is 12.3. The third-order valence-electron chi connectivity index (χ3n) is 4.54. The molecule has 140 valence electrons. The molecule has 0 aliphatic carbocycles. The number of aromatic amines is 1. The minimum Gasteiger partial charge on any atom is -0.504 e.